The van der Waals surface area contributed by atoms with E-state index in [-0.39, 0.29) is 0 Å². The van der Waals surface area contributed by atoms with Gasteiger partial charge in [0.1, 0.15) is 26.2 Å². The topological polar surface area (TPSA) is 12.5 Å². The smallest absolute Gasteiger partial charge is 0.199 e. The van der Waals surface area contributed by atoms with E-state index < -0.39 is 0 Å². The van der Waals surface area contributed by atoms with Crippen LogP contribution in [0.4, 0.5) is 11.4 Å². The maximum absolute atomic E-state index is 2.37. The molecular formula is C44H62N4+2. The Bertz CT molecular complexity index is 1410. The quantitative estimate of drug-likeness (QED) is 0.213. The van der Waals surface area contributed by atoms with Gasteiger partial charge in [0, 0.05) is 61.9 Å². The van der Waals surface area contributed by atoms with Crippen LogP contribution in [0.1, 0.15) is 80.4 Å². The second kappa shape index (κ2) is 19.6. The van der Waals surface area contributed by atoms with Crippen LogP contribution in [0, 0.1) is 0 Å². The van der Waals surface area contributed by atoms with Crippen molar-refractivity contribution in [2.45, 2.75) is 69.2 Å². The van der Waals surface area contributed by atoms with Crippen molar-refractivity contribution in [3.05, 3.63) is 119 Å². The number of allylic oxidation sites excluding steroid dienone is 12. The van der Waals surface area contributed by atoms with E-state index in [4.69, 9.17) is 0 Å². The van der Waals surface area contributed by atoms with Crippen LogP contribution in [0.5, 0.6) is 0 Å². The standard InChI is InChI=1S/2C22H31N2/c2*1-6-23(7-2)21-14-10-19(11-15-21)18(5)20-12-16-22(17-13-20)24(8-3)9-4/h2*10-17H,6-9H2,1-5H3/q2*+1. The minimum atomic E-state index is 1.05. The molecule has 2 aliphatic carbocycles. The van der Waals surface area contributed by atoms with Gasteiger partial charge in [-0.25, -0.2) is 9.15 Å². The zero-order valence-corrected chi connectivity index (χ0v) is 31.7. The summed E-state index contributed by atoms with van der Waals surface area (Å²) in [7, 11) is 0. The van der Waals surface area contributed by atoms with Crippen molar-refractivity contribution in [1.29, 1.82) is 0 Å². The predicted molar refractivity (Wildman–Crippen MR) is 214 cm³/mol. The molecule has 2 aromatic rings. The van der Waals surface area contributed by atoms with Crippen molar-refractivity contribution in [2.24, 2.45) is 0 Å². The van der Waals surface area contributed by atoms with Crippen LogP contribution >= 0.6 is 0 Å². The molecule has 4 heteroatoms. The van der Waals surface area contributed by atoms with Gasteiger partial charge in [0.15, 0.2) is 11.4 Å². The normalized spacial score (nSPS) is 13.4. The zero-order valence-electron chi connectivity index (χ0n) is 31.7. The van der Waals surface area contributed by atoms with Crippen LogP contribution in [-0.2, 0) is 0 Å². The van der Waals surface area contributed by atoms with Gasteiger partial charge in [0.05, 0.1) is 0 Å². The molecule has 0 N–H and O–H groups in total. The van der Waals surface area contributed by atoms with Gasteiger partial charge < -0.3 is 9.80 Å². The van der Waals surface area contributed by atoms with E-state index in [0.717, 1.165) is 52.4 Å². The van der Waals surface area contributed by atoms with Gasteiger partial charge in [-0.05, 0) is 151 Å². The predicted octanol–water partition coefficient (Wildman–Crippen LogP) is 9.85. The molecule has 0 bridgehead atoms. The summed E-state index contributed by atoms with van der Waals surface area (Å²) in [5.41, 5.74) is 13.0. The summed E-state index contributed by atoms with van der Waals surface area (Å²) >= 11 is 0. The fourth-order valence-electron chi connectivity index (χ4n) is 6.38. The Morgan fingerprint density at radius 1 is 0.417 bits per heavy atom. The molecule has 0 aliphatic heterocycles. The average Bonchev–Trinajstić information content (AvgIpc) is 3.14. The molecule has 0 heterocycles. The monoisotopic (exact) mass is 646 g/mol. The molecule has 256 valence electrons. The van der Waals surface area contributed by atoms with E-state index in [9.17, 15) is 0 Å². The summed E-state index contributed by atoms with van der Waals surface area (Å²) < 4.78 is 4.75. The molecule has 4 rings (SSSR count). The lowest BCUT2D eigenvalue weighted by molar-refractivity contribution is -0.519. The Balaban J connectivity index is 0.000000260. The van der Waals surface area contributed by atoms with Crippen molar-refractivity contribution >= 4 is 33.9 Å². The molecule has 2 aliphatic rings. The van der Waals surface area contributed by atoms with E-state index in [1.54, 1.807) is 0 Å². The van der Waals surface area contributed by atoms with Crippen LogP contribution in [0.25, 0.3) is 11.1 Å². The van der Waals surface area contributed by atoms with Crippen LogP contribution in [0.15, 0.2) is 108 Å². The number of nitrogens with zero attached hydrogens (tertiary/aromatic N) is 4. The van der Waals surface area contributed by atoms with E-state index in [1.807, 2.05) is 0 Å². The number of hydrogen-bond donors (Lipinski definition) is 0. The molecule has 0 saturated carbocycles. The minimum absolute atomic E-state index is 1.05. The third-order valence-electron chi connectivity index (χ3n) is 9.72. The van der Waals surface area contributed by atoms with Crippen molar-refractivity contribution < 1.29 is 9.15 Å². The van der Waals surface area contributed by atoms with Crippen molar-refractivity contribution in [3.63, 3.8) is 0 Å². The fourth-order valence-corrected chi connectivity index (χ4v) is 6.38. The average molecular weight is 647 g/mol. The molecule has 0 saturated heterocycles. The molecule has 0 radical (unpaired) electrons. The molecule has 4 nitrogen and oxygen atoms in total. The Hall–Kier alpha value is -4.18. The van der Waals surface area contributed by atoms with Crippen LogP contribution in [0.3, 0.4) is 0 Å². The SMILES string of the molecule is CCN(CC)c1ccc(C(C)=C2C=CC(=[N+](CC)CC)C=C2)cc1.CCN(CC)c1ccc(C(C)=C2C=CC(=[N+](CC)CC)C=C2)cc1. The summed E-state index contributed by atoms with van der Waals surface area (Å²) in [4.78, 5) is 4.75. The van der Waals surface area contributed by atoms with Crippen molar-refractivity contribution in [1.82, 2.24) is 0 Å². The summed E-state index contributed by atoms with van der Waals surface area (Å²) in [6, 6.07) is 17.9. The zero-order chi connectivity index (χ0) is 35.1. The van der Waals surface area contributed by atoms with Crippen molar-refractivity contribution in [2.75, 3.05) is 62.2 Å². The minimum Gasteiger partial charge on any atom is -0.372 e. The van der Waals surface area contributed by atoms with E-state index in [1.165, 1.54) is 56.2 Å². The van der Waals surface area contributed by atoms with Crippen LogP contribution in [0.2, 0.25) is 0 Å². The number of hydrogen-bond acceptors (Lipinski definition) is 2. The molecular weight excluding hydrogens is 585 g/mol. The van der Waals surface area contributed by atoms with Crippen molar-refractivity contribution in [3.8, 4) is 0 Å². The van der Waals surface area contributed by atoms with E-state index in [0.29, 0.717) is 0 Å². The Morgan fingerprint density at radius 3 is 0.917 bits per heavy atom. The summed E-state index contributed by atoms with van der Waals surface area (Å²) in [6.45, 7) is 30.4. The van der Waals surface area contributed by atoms with Gasteiger partial charge in [-0.2, -0.15) is 0 Å². The molecule has 0 spiro atoms. The number of benzene rings is 2. The first kappa shape index (κ1) is 38.3. The lowest BCUT2D eigenvalue weighted by Crippen LogP contribution is -2.21. The van der Waals surface area contributed by atoms with Gasteiger partial charge >= 0.3 is 0 Å². The highest BCUT2D eigenvalue weighted by atomic mass is 15.1. The summed E-state index contributed by atoms with van der Waals surface area (Å²) in [5.74, 6) is 0. The molecule has 2 aromatic carbocycles. The second-order valence-corrected chi connectivity index (χ2v) is 12.1. The first-order valence-corrected chi connectivity index (χ1v) is 18.4. The maximum Gasteiger partial charge on any atom is 0.199 e. The highest BCUT2D eigenvalue weighted by Crippen LogP contribution is 2.26. The number of anilines is 2. The summed E-state index contributed by atoms with van der Waals surface area (Å²) in [5, 5.41) is 0. The summed E-state index contributed by atoms with van der Waals surface area (Å²) in [6.07, 6.45) is 17.9. The van der Waals surface area contributed by atoms with Gasteiger partial charge in [0.2, 0.25) is 0 Å². The molecule has 0 unspecified atom stereocenters. The molecule has 48 heavy (non-hydrogen) atoms. The Kier molecular flexibility index (Phi) is 15.6. The molecule has 0 fully saturated rings. The van der Waals surface area contributed by atoms with Gasteiger partial charge in [-0.3, -0.25) is 0 Å². The van der Waals surface area contributed by atoms with E-state index in [2.05, 4.69) is 185 Å². The van der Waals surface area contributed by atoms with Crippen LogP contribution < -0.4 is 9.80 Å². The highest BCUT2D eigenvalue weighted by Gasteiger charge is 2.12. The fraction of sp³-hybridized carbons (Fsp3) is 0.409. The lowest BCUT2D eigenvalue weighted by atomic mass is 9.97. The third-order valence-corrected chi connectivity index (χ3v) is 9.72. The third kappa shape index (κ3) is 9.92. The first-order chi connectivity index (χ1) is 23.3. The van der Waals surface area contributed by atoms with Gasteiger partial charge in [-0.15, -0.1) is 0 Å². The second-order valence-electron chi connectivity index (χ2n) is 12.1. The van der Waals surface area contributed by atoms with Crippen LogP contribution in [-0.4, -0.2) is 72.9 Å². The van der Waals surface area contributed by atoms with Gasteiger partial charge in [-0.1, -0.05) is 24.3 Å². The lowest BCUT2D eigenvalue weighted by Gasteiger charge is -2.21. The molecule has 0 aromatic heterocycles. The maximum atomic E-state index is 2.37. The van der Waals surface area contributed by atoms with E-state index >= 15 is 0 Å². The number of rotatable bonds is 12. The first-order valence-electron chi connectivity index (χ1n) is 18.4. The Labute approximate surface area is 293 Å². The highest BCUT2D eigenvalue weighted by molar-refractivity contribution is 6.03. The van der Waals surface area contributed by atoms with Gasteiger partial charge in [0.25, 0.3) is 0 Å². The largest absolute Gasteiger partial charge is 0.372 e. The molecule has 0 atom stereocenters. The Morgan fingerprint density at radius 2 is 0.688 bits per heavy atom. The molecule has 0 amide bonds.